The van der Waals surface area contributed by atoms with Gasteiger partial charge in [-0.3, -0.25) is 15.3 Å². The van der Waals surface area contributed by atoms with E-state index >= 15 is 0 Å². The summed E-state index contributed by atoms with van der Waals surface area (Å²) in [5, 5.41) is 62.1. The first kappa shape index (κ1) is 43.6. The van der Waals surface area contributed by atoms with Crippen molar-refractivity contribution < 1.29 is 31.4 Å². The minimum atomic E-state index is -0.126. The lowest BCUT2D eigenvalue weighted by Gasteiger charge is -2.04. The van der Waals surface area contributed by atoms with Crippen LogP contribution in [0.15, 0.2) is 138 Å². The second-order valence-corrected chi connectivity index (χ2v) is 18.7. The van der Waals surface area contributed by atoms with Gasteiger partial charge in [-0.25, -0.2) is 24.6 Å². The molecular weight excluding hydrogens is 1060 g/mol. The number of hydrogen-bond donors (Lipinski definition) is 5. The van der Waals surface area contributed by atoms with Crippen molar-refractivity contribution in [1.29, 1.82) is 0 Å². The van der Waals surface area contributed by atoms with Gasteiger partial charge >= 0.3 is 0 Å². The third kappa shape index (κ3) is 7.48. The number of nitrogens with zero attached hydrogens (tertiary/aromatic N) is 18. The second kappa shape index (κ2) is 17.9. The summed E-state index contributed by atoms with van der Waals surface area (Å²) in [7, 11) is 0. The number of aromatic amines is 5. The molecule has 15 rings (SSSR count). The third-order valence-electron chi connectivity index (χ3n) is 11.6. The Morgan fingerprint density at radius 3 is 2.45 bits per heavy atom. The summed E-state index contributed by atoms with van der Waals surface area (Å²) >= 11 is 4.20. The van der Waals surface area contributed by atoms with Gasteiger partial charge in [0.25, 0.3) is 11.8 Å². The molecule has 14 heterocycles. The number of imidazole rings is 1. The minimum Gasteiger partial charge on any atom is -0.461 e. The molecule has 0 aliphatic heterocycles. The van der Waals surface area contributed by atoms with Crippen molar-refractivity contribution in [3.8, 4) is 149 Å². The molecule has 30 nitrogen and oxygen atoms in total. The Labute approximate surface area is 435 Å². The lowest BCUT2D eigenvalue weighted by molar-refractivity contribution is 0.307. The Bertz CT molecular complexity index is 4500. The zero-order valence-electron chi connectivity index (χ0n) is 37.9. The number of aromatic nitrogens is 23. The summed E-state index contributed by atoms with van der Waals surface area (Å²) in [5.41, 5.74) is 8.78. The van der Waals surface area contributed by atoms with Crippen LogP contribution >= 0.6 is 34.6 Å². The SMILES string of the molecule is c1ccc(-c2nnc(-c3nonc3-c3nc(-c4onnc4-c4occ(-c5ncco5)c4-c4ccon4)no3)o2)c(Sc2nc(-c3nscc3-c3[nH]ccc3-c3nc(-c4n[nH]cc4-c4nn[nH]c4-c4nc[nH]n4)c[nH]3)cs2)c1. The van der Waals surface area contributed by atoms with E-state index < -0.39 is 0 Å². The Hall–Kier alpha value is -10.9. The highest BCUT2D eigenvalue weighted by molar-refractivity contribution is 8.01. The number of furan rings is 1. The highest BCUT2D eigenvalue weighted by Gasteiger charge is 2.33. The number of oxazole rings is 1. The van der Waals surface area contributed by atoms with Gasteiger partial charge in [0.1, 0.15) is 70.8 Å². The van der Waals surface area contributed by atoms with Crippen LogP contribution in [-0.2, 0) is 0 Å². The second-order valence-electron chi connectivity index (χ2n) is 15.9. The maximum Gasteiger partial charge on any atom is 0.283 e. The van der Waals surface area contributed by atoms with Crippen molar-refractivity contribution in [1.82, 2.24) is 116 Å². The van der Waals surface area contributed by atoms with Gasteiger partial charge in [0, 0.05) is 56.7 Å². The van der Waals surface area contributed by atoms with Crippen molar-refractivity contribution in [3.05, 3.63) is 97.1 Å². The fraction of sp³-hybridized carbons (Fsp3) is 0. The van der Waals surface area contributed by atoms with E-state index in [1.165, 1.54) is 65.9 Å². The van der Waals surface area contributed by atoms with Gasteiger partial charge < -0.3 is 36.8 Å². The van der Waals surface area contributed by atoms with Gasteiger partial charge in [-0.15, -0.1) is 31.7 Å². The Balaban J connectivity index is 0.668. The molecule has 0 fully saturated rings. The standard InChI is InChI=1S/C44H21N23O7S3/c1-2-4-25(77-44-52-24(15-75-44)29-21(14-76-65-29)27-18(5-7-45-27)37-47-12-23(51-37)28-19(11-49-54-28)30-31(56-66-55-30)38-48-16-50-58-38)17(3-1)41-59-60-43(71-41)33-32(62-74-63-33)42-53-39(64-73-42)36-34(57-67-72-36)35-26(22-6-9-70-61-22)20(13-69-35)40-46-8-10-68-40/h1-16,45H,(H,47,51)(H,49,54)(H,48,50,58)(H,55,56,66). The third-order valence-corrected chi connectivity index (χ3v) is 14.2. The van der Waals surface area contributed by atoms with E-state index in [9.17, 15) is 0 Å². The summed E-state index contributed by atoms with van der Waals surface area (Å²) in [5.74, 6) is 1.42. The summed E-state index contributed by atoms with van der Waals surface area (Å²) in [4.78, 5) is 30.4. The summed E-state index contributed by atoms with van der Waals surface area (Å²) < 4.78 is 44.5. The van der Waals surface area contributed by atoms with Crippen LogP contribution in [0.3, 0.4) is 0 Å². The molecular formula is C44H21N23O7S3. The predicted octanol–water partition coefficient (Wildman–Crippen LogP) is 8.53. The molecule has 0 aliphatic rings. The van der Waals surface area contributed by atoms with Gasteiger partial charge in [-0.2, -0.15) is 19.6 Å². The van der Waals surface area contributed by atoms with Crippen LogP contribution in [0.4, 0.5) is 0 Å². The van der Waals surface area contributed by atoms with Gasteiger partial charge in [0.2, 0.25) is 40.6 Å². The molecule has 5 N–H and O–H groups in total. The Morgan fingerprint density at radius 2 is 1.55 bits per heavy atom. The lowest BCUT2D eigenvalue weighted by atomic mass is 10.0. The molecule has 0 saturated carbocycles. The van der Waals surface area contributed by atoms with Crippen molar-refractivity contribution in [3.63, 3.8) is 0 Å². The average molecular weight is 1080 g/mol. The summed E-state index contributed by atoms with van der Waals surface area (Å²) in [6.45, 7) is 0. The van der Waals surface area contributed by atoms with E-state index in [2.05, 4.69) is 102 Å². The van der Waals surface area contributed by atoms with Crippen LogP contribution in [0.5, 0.6) is 0 Å². The molecule has 14 aromatic heterocycles. The molecule has 0 atom stereocenters. The average Bonchev–Trinajstić information content (AvgIpc) is 4.30. The fourth-order valence-electron chi connectivity index (χ4n) is 8.21. The number of H-pyrrole nitrogens is 5. The highest BCUT2D eigenvalue weighted by Crippen LogP contribution is 2.45. The largest absolute Gasteiger partial charge is 0.461 e. The summed E-state index contributed by atoms with van der Waals surface area (Å²) in [6, 6.07) is 11.1. The number of hydrogen-bond acceptors (Lipinski definition) is 28. The normalized spacial score (nSPS) is 11.7. The predicted molar refractivity (Wildman–Crippen MR) is 261 cm³/mol. The maximum absolute atomic E-state index is 6.21. The van der Waals surface area contributed by atoms with Gasteiger partial charge in [-0.1, -0.05) is 39.4 Å². The van der Waals surface area contributed by atoms with Crippen LogP contribution in [-0.4, -0.2) is 116 Å². The van der Waals surface area contributed by atoms with Gasteiger partial charge in [-0.05, 0) is 40.0 Å². The van der Waals surface area contributed by atoms with Crippen LogP contribution in [0, 0.1) is 0 Å². The van der Waals surface area contributed by atoms with Crippen LogP contribution < -0.4 is 0 Å². The lowest BCUT2D eigenvalue weighted by Crippen LogP contribution is -1.89. The Morgan fingerprint density at radius 1 is 0.597 bits per heavy atom. The van der Waals surface area contributed by atoms with Crippen molar-refractivity contribution >= 4 is 34.6 Å². The first-order chi connectivity index (χ1) is 38.2. The van der Waals surface area contributed by atoms with Crippen molar-refractivity contribution in [2.45, 2.75) is 9.24 Å². The first-order valence-corrected chi connectivity index (χ1v) is 24.7. The zero-order chi connectivity index (χ0) is 50.8. The molecule has 15 aromatic rings. The summed E-state index contributed by atoms with van der Waals surface area (Å²) in [6.07, 6.45) is 12.6. The molecule has 0 spiro atoms. The molecule has 0 amide bonds. The monoisotopic (exact) mass is 1080 g/mol. The number of thiazole rings is 1. The van der Waals surface area contributed by atoms with Crippen LogP contribution in [0.1, 0.15) is 0 Å². The highest BCUT2D eigenvalue weighted by atomic mass is 32.2. The molecule has 0 unspecified atom stereocenters. The first-order valence-electron chi connectivity index (χ1n) is 22.1. The fourth-order valence-corrected chi connectivity index (χ4v) is 10.8. The Kier molecular flexibility index (Phi) is 10.2. The number of benzene rings is 1. The molecule has 0 aliphatic carbocycles. The zero-order valence-corrected chi connectivity index (χ0v) is 40.3. The minimum absolute atomic E-state index is 0.00527. The van der Waals surface area contributed by atoms with Crippen LogP contribution in [0.25, 0.3) is 149 Å². The topological polar surface area (TPSA) is 403 Å². The number of nitrogens with one attached hydrogen (secondary N) is 5. The van der Waals surface area contributed by atoms with E-state index in [4.69, 9.17) is 45.8 Å². The van der Waals surface area contributed by atoms with Gasteiger partial charge in [0.05, 0.1) is 34.1 Å². The maximum atomic E-state index is 6.21. The smallest absolute Gasteiger partial charge is 0.283 e. The molecule has 0 saturated heterocycles. The van der Waals surface area contributed by atoms with E-state index in [1.807, 2.05) is 47.3 Å². The van der Waals surface area contributed by atoms with E-state index in [-0.39, 0.29) is 58.0 Å². The molecule has 1 aromatic carbocycles. The van der Waals surface area contributed by atoms with Crippen LogP contribution in [0.2, 0.25) is 0 Å². The van der Waals surface area contributed by atoms with Crippen molar-refractivity contribution in [2.24, 2.45) is 0 Å². The molecule has 33 heteroatoms. The van der Waals surface area contributed by atoms with E-state index in [0.29, 0.717) is 73.8 Å². The molecule has 77 heavy (non-hydrogen) atoms. The number of rotatable bonds is 15. The molecule has 0 bridgehead atoms. The van der Waals surface area contributed by atoms with E-state index in [1.54, 1.807) is 18.5 Å². The molecule has 0 radical (unpaired) electrons. The van der Waals surface area contributed by atoms with Gasteiger partial charge in [0.15, 0.2) is 15.8 Å². The van der Waals surface area contributed by atoms with Crippen molar-refractivity contribution in [2.75, 3.05) is 0 Å². The quantitative estimate of drug-likeness (QED) is 0.0641. The molecule has 372 valence electrons. The van der Waals surface area contributed by atoms with E-state index in [0.717, 1.165) is 26.1 Å².